The highest BCUT2D eigenvalue weighted by atomic mass is 32.2. The Labute approximate surface area is 118 Å². The second-order valence-electron chi connectivity index (χ2n) is 4.63. The normalized spacial score (nSPS) is 13.2. The number of aryl methyl sites for hydroxylation is 1. The monoisotopic (exact) mass is 303 g/mol. The second kappa shape index (κ2) is 7.39. The molecule has 1 aromatic rings. The Morgan fingerprint density at radius 1 is 1.50 bits per heavy atom. The third-order valence-corrected chi connectivity index (χ3v) is 4.41. The maximum absolute atomic E-state index is 11.7. The van der Waals surface area contributed by atoms with E-state index in [4.69, 9.17) is 10.5 Å². The predicted molar refractivity (Wildman–Crippen MR) is 76.6 cm³/mol. The van der Waals surface area contributed by atoms with Crippen LogP contribution in [-0.4, -0.2) is 42.4 Å². The molecule has 1 unspecified atom stereocenters. The molecule has 0 fully saturated rings. The Balaban J connectivity index is 2.58. The van der Waals surface area contributed by atoms with Crippen LogP contribution >= 0.6 is 0 Å². The fourth-order valence-corrected chi connectivity index (χ4v) is 2.33. The molecule has 0 spiro atoms. The summed E-state index contributed by atoms with van der Waals surface area (Å²) in [5.41, 5.74) is 5.22. The topological polar surface area (TPSA) is 104 Å². The SMILES string of the molecule is CCS(=O)(=O)CCCn1ncc(OCC(C)N)cc1=O. The molecule has 0 aliphatic heterocycles. The van der Waals surface area contributed by atoms with Crippen LogP contribution in [0.5, 0.6) is 5.75 Å². The molecule has 0 saturated carbocycles. The molecule has 7 nitrogen and oxygen atoms in total. The molecule has 114 valence electrons. The Hall–Kier alpha value is -1.41. The van der Waals surface area contributed by atoms with Crippen LogP contribution in [0.2, 0.25) is 0 Å². The van der Waals surface area contributed by atoms with Crippen molar-refractivity contribution in [3.63, 3.8) is 0 Å². The molecule has 2 N–H and O–H groups in total. The van der Waals surface area contributed by atoms with Gasteiger partial charge in [0, 0.05) is 24.4 Å². The molecule has 20 heavy (non-hydrogen) atoms. The van der Waals surface area contributed by atoms with Crippen molar-refractivity contribution in [2.24, 2.45) is 5.73 Å². The zero-order valence-corrected chi connectivity index (χ0v) is 12.6. The summed E-state index contributed by atoms with van der Waals surface area (Å²) in [6, 6.07) is 1.20. The van der Waals surface area contributed by atoms with Crippen molar-refractivity contribution in [1.29, 1.82) is 0 Å². The van der Waals surface area contributed by atoms with E-state index in [9.17, 15) is 13.2 Å². The van der Waals surface area contributed by atoms with Gasteiger partial charge < -0.3 is 10.5 Å². The smallest absolute Gasteiger partial charge is 0.270 e. The minimum absolute atomic E-state index is 0.0561. The predicted octanol–water partition coefficient (Wildman–Crippen LogP) is -0.206. The van der Waals surface area contributed by atoms with Gasteiger partial charge in [0.2, 0.25) is 0 Å². The van der Waals surface area contributed by atoms with E-state index in [0.29, 0.717) is 18.8 Å². The number of nitrogens with zero attached hydrogens (tertiary/aromatic N) is 2. The number of nitrogens with two attached hydrogens (primary N) is 1. The van der Waals surface area contributed by atoms with Crippen molar-refractivity contribution in [2.75, 3.05) is 18.1 Å². The average Bonchev–Trinajstić information content (AvgIpc) is 2.38. The molecule has 0 amide bonds. The number of aromatic nitrogens is 2. The summed E-state index contributed by atoms with van der Waals surface area (Å²) in [5.74, 6) is 0.532. The summed E-state index contributed by atoms with van der Waals surface area (Å²) in [6.45, 7) is 3.97. The van der Waals surface area contributed by atoms with Gasteiger partial charge in [-0.3, -0.25) is 4.79 Å². The number of hydrogen-bond donors (Lipinski definition) is 1. The van der Waals surface area contributed by atoms with Gasteiger partial charge in [0.15, 0.2) is 0 Å². The first-order valence-electron chi connectivity index (χ1n) is 6.50. The summed E-state index contributed by atoms with van der Waals surface area (Å²) in [4.78, 5) is 11.7. The van der Waals surface area contributed by atoms with Gasteiger partial charge in [-0.2, -0.15) is 5.10 Å². The van der Waals surface area contributed by atoms with Crippen LogP contribution in [0.15, 0.2) is 17.1 Å². The molecular weight excluding hydrogens is 282 g/mol. The van der Waals surface area contributed by atoms with Gasteiger partial charge in [0.25, 0.3) is 5.56 Å². The number of sulfone groups is 1. The molecule has 0 bridgehead atoms. The van der Waals surface area contributed by atoms with Crippen LogP contribution in [0.4, 0.5) is 0 Å². The molecule has 1 heterocycles. The van der Waals surface area contributed by atoms with Crippen LogP contribution in [-0.2, 0) is 16.4 Å². The zero-order chi connectivity index (χ0) is 15.2. The average molecular weight is 303 g/mol. The summed E-state index contributed by atoms with van der Waals surface area (Å²) >= 11 is 0. The molecule has 0 aliphatic rings. The van der Waals surface area contributed by atoms with E-state index in [0.717, 1.165) is 0 Å². The van der Waals surface area contributed by atoms with Crippen LogP contribution < -0.4 is 16.0 Å². The third kappa shape index (κ3) is 5.70. The Morgan fingerprint density at radius 2 is 2.20 bits per heavy atom. The van der Waals surface area contributed by atoms with E-state index >= 15 is 0 Å². The maximum Gasteiger partial charge on any atom is 0.270 e. The Bertz CT molecular complexity index is 581. The number of rotatable bonds is 8. The van der Waals surface area contributed by atoms with E-state index in [1.54, 1.807) is 13.8 Å². The van der Waals surface area contributed by atoms with Crippen LogP contribution in [0.1, 0.15) is 20.3 Å². The molecule has 8 heteroatoms. The number of hydrogen-bond acceptors (Lipinski definition) is 6. The third-order valence-electron chi connectivity index (χ3n) is 2.62. The highest BCUT2D eigenvalue weighted by Gasteiger charge is 2.08. The lowest BCUT2D eigenvalue weighted by Crippen LogP contribution is -2.26. The Kier molecular flexibility index (Phi) is 6.15. The molecular formula is C12H21N3O4S. The van der Waals surface area contributed by atoms with Gasteiger partial charge in [-0.25, -0.2) is 13.1 Å². The van der Waals surface area contributed by atoms with E-state index in [2.05, 4.69) is 5.10 Å². The first-order chi connectivity index (χ1) is 9.34. The molecule has 1 rings (SSSR count). The van der Waals surface area contributed by atoms with Crippen LogP contribution in [0.25, 0.3) is 0 Å². The van der Waals surface area contributed by atoms with Crippen molar-refractivity contribution < 1.29 is 13.2 Å². The van der Waals surface area contributed by atoms with Crippen molar-refractivity contribution in [1.82, 2.24) is 9.78 Å². The highest BCUT2D eigenvalue weighted by Crippen LogP contribution is 2.04. The van der Waals surface area contributed by atoms with E-state index in [1.165, 1.54) is 16.9 Å². The molecule has 1 atom stereocenters. The minimum atomic E-state index is -3.01. The van der Waals surface area contributed by atoms with Crippen molar-refractivity contribution >= 4 is 9.84 Å². The summed E-state index contributed by atoms with van der Waals surface area (Å²) < 4.78 is 29.2. The van der Waals surface area contributed by atoms with Gasteiger partial charge in [-0.1, -0.05) is 6.92 Å². The lowest BCUT2D eigenvalue weighted by molar-refractivity contribution is 0.292. The molecule has 0 aromatic carbocycles. The number of ether oxygens (including phenoxy) is 1. The van der Waals surface area contributed by atoms with Crippen LogP contribution in [0.3, 0.4) is 0 Å². The zero-order valence-electron chi connectivity index (χ0n) is 11.8. The summed E-state index contributed by atoms with van der Waals surface area (Å²) in [6.07, 6.45) is 1.79. The molecule has 1 aromatic heterocycles. The lowest BCUT2D eigenvalue weighted by Gasteiger charge is -2.09. The van der Waals surface area contributed by atoms with Crippen molar-refractivity contribution in [2.45, 2.75) is 32.9 Å². The second-order valence-corrected chi connectivity index (χ2v) is 7.10. The van der Waals surface area contributed by atoms with Crippen LogP contribution in [0, 0.1) is 0 Å². The molecule has 0 radical (unpaired) electrons. The summed E-state index contributed by atoms with van der Waals surface area (Å²) in [5, 5.41) is 3.95. The van der Waals surface area contributed by atoms with Gasteiger partial charge in [0.1, 0.15) is 22.2 Å². The van der Waals surface area contributed by atoms with E-state index in [-0.39, 0.29) is 29.7 Å². The van der Waals surface area contributed by atoms with Gasteiger partial charge in [-0.05, 0) is 13.3 Å². The fourth-order valence-electron chi connectivity index (χ4n) is 1.47. The Morgan fingerprint density at radius 3 is 2.75 bits per heavy atom. The minimum Gasteiger partial charge on any atom is -0.490 e. The standard InChI is InChI=1S/C12H21N3O4S/c1-3-20(17,18)6-4-5-15-12(16)7-11(8-14-15)19-9-10(2)13/h7-8,10H,3-6,9,13H2,1-2H3. The first kappa shape index (κ1) is 16.6. The van der Waals surface area contributed by atoms with Crippen molar-refractivity contribution in [3.8, 4) is 5.75 Å². The molecule has 0 saturated heterocycles. The fraction of sp³-hybridized carbons (Fsp3) is 0.667. The highest BCUT2D eigenvalue weighted by molar-refractivity contribution is 7.91. The van der Waals surface area contributed by atoms with E-state index < -0.39 is 9.84 Å². The first-order valence-corrected chi connectivity index (χ1v) is 8.32. The van der Waals surface area contributed by atoms with Crippen molar-refractivity contribution in [3.05, 3.63) is 22.6 Å². The van der Waals surface area contributed by atoms with Gasteiger partial charge in [-0.15, -0.1) is 0 Å². The summed E-state index contributed by atoms with van der Waals surface area (Å²) in [7, 11) is -3.01. The van der Waals surface area contributed by atoms with E-state index in [1.807, 2.05) is 0 Å². The largest absolute Gasteiger partial charge is 0.490 e. The maximum atomic E-state index is 11.7. The molecule has 0 aliphatic carbocycles. The van der Waals surface area contributed by atoms with Gasteiger partial charge in [0.05, 0.1) is 11.9 Å². The quantitative estimate of drug-likeness (QED) is 0.713. The van der Waals surface area contributed by atoms with Gasteiger partial charge >= 0.3 is 0 Å². The lowest BCUT2D eigenvalue weighted by atomic mass is 10.4.